The maximum Gasteiger partial charge on any atom is 0.224 e. The number of terminal acetylenes is 2. The molecule has 7 nitrogen and oxygen atoms in total. The lowest BCUT2D eigenvalue weighted by Crippen LogP contribution is -2.12. The van der Waals surface area contributed by atoms with Crippen LogP contribution in [0.15, 0.2) is 23.2 Å². The number of rotatable bonds is 7. The lowest BCUT2D eigenvalue weighted by molar-refractivity contribution is 0.103. The van der Waals surface area contributed by atoms with Crippen molar-refractivity contribution >= 4 is 15.6 Å². The Morgan fingerprint density at radius 2 is 1.90 bits per heavy atom. The van der Waals surface area contributed by atoms with Crippen LogP contribution in [0.3, 0.4) is 0 Å². The van der Waals surface area contributed by atoms with Crippen LogP contribution in [-0.2, 0) is 16.3 Å². The van der Waals surface area contributed by atoms with Gasteiger partial charge in [0.2, 0.25) is 11.7 Å². The molecule has 0 amide bonds. The number of carbonyl (C=O) groups excluding carboxylic acids is 1. The van der Waals surface area contributed by atoms with Gasteiger partial charge < -0.3 is 9.47 Å². The Bertz CT molecular complexity index is 1150. The zero-order valence-corrected chi connectivity index (χ0v) is 17.0. The van der Waals surface area contributed by atoms with Gasteiger partial charge in [0.05, 0.1) is 28.5 Å². The van der Waals surface area contributed by atoms with E-state index >= 15 is 0 Å². The molecule has 0 fully saturated rings. The van der Waals surface area contributed by atoms with Crippen molar-refractivity contribution in [2.45, 2.75) is 31.2 Å². The third-order valence-corrected chi connectivity index (χ3v) is 6.29. The highest BCUT2D eigenvalue weighted by Gasteiger charge is 2.33. The minimum atomic E-state index is -3.39. The summed E-state index contributed by atoms with van der Waals surface area (Å²) in [6, 6.07) is 2.81. The van der Waals surface area contributed by atoms with E-state index in [2.05, 4.69) is 16.9 Å². The van der Waals surface area contributed by atoms with Crippen LogP contribution in [0.4, 0.5) is 0 Å². The van der Waals surface area contributed by atoms with Gasteiger partial charge in [-0.1, -0.05) is 11.8 Å². The van der Waals surface area contributed by atoms with E-state index in [1.54, 1.807) is 4.68 Å². The molecule has 0 saturated heterocycles. The lowest BCUT2D eigenvalue weighted by Gasteiger charge is -2.15. The van der Waals surface area contributed by atoms with Crippen molar-refractivity contribution in [2.75, 3.05) is 19.0 Å². The summed E-state index contributed by atoms with van der Waals surface area (Å²) in [5.74, 6) is 4.71. The number of ketones is 1. The quantitative estimate of drug-likeness (QED) is 0.511. The molecule has 29 heavy (non-hydrogen) atoms. The molecule has 150 valence electrons. The fraction of sp³-hybridized carbons (Fsp3) is 0.333. The number of hydrogen-bond donors (Lipinski definition) is 0. The molecule has 0 aliphatic carbocycles. The average molecular weight is 412 g/mol. The first-order valence-electron chi connectivity index (χ1n) is 8.95. The van der Waals surface area contributed by atoms with Gasteiger partial charge in [-0.2, -0.15) is 5.10 Å². The van der Waals surface area contributed by atoms with Crippen LogP contribution in [0.5, 0.6) is 11.6 Å². The number of carbonyl (C=O) groups is 1. The van der Waals surface area contributed by atoms with Crippen molar-refractivity contribution in [1.29, 1.82) is 0 Å². The van der Waals surface area contributed by atoms with Crippen LogP contribution in [0, 0.1) is 24.7 Å². The van der Waals surface area contributed by atoms with Crippen molar-refractivity contribution in [3.8, 4) is 36.3 Å². The maximum absolute atomic E-state index is 13.3. The van der Waals surface area contributed by atoms with E-state index in [-0.39, 0.29) is 59.1 Å². The Morgan fingerprint density at radius 3 is 2.55 bits per heavy atom. The third-order valence-electron chi connectivity index (χ3n) is 4.49. The summed E-state index contributed by atoms with van der Waals surface area (Å²) >= 11 is 0. The predicted octanol–water partition coefficient (Wildman–Crippen LogP) is 2.05. The molecule has 0 saturated carbocycles. The molecule has 0 spiro atoms. The summed E-state index contributed by atoms with van der Waals surface area (Å²) in [4.78, 5) is 13.5. The summed E-state index contributed by atoms with van der Waals surface area (Å²) in [5.41, 5.74) is 0.874. The fourth-order valence-corrected chi connectivity index (χ4v) is 4.75. The van der Waals surface area contributed by atoms with E-state index in [1.807, 2.05) is 13.8 Å². The second kappa shape index (κ2) is 8.02. The minimum Gasteiger partial charge on any atom is -0.480 e. The lowest BCUT2D eigenvalue weighted by atomic mass is 10.00. The molecule has 1 aromatic carbocycles. The third kappa shape index (κ3) is 3.72. The van der Waals surface area contributed by atoms with Gasteiger partial charge >= 0.3 is 0 Å². The van der Waals surface area contributed by atoms with Crippen molar-refractivity contribution < 1.29 is 22.7 Å². The molecule has 0 atom stereocenters. The number of nitrogens with zero attached hydrogens (tertiary/aromatic N) is 2. The van der Waals surface area contributed by atoms with Crippen molar-refractivity contribution in [3.05, 3.63) is 35.0 Å². The molecule has 1 aromatic heterocycles. The van der Waals surface area contributed by atoms with Gasteiger partial charge in [0.25, 0.3) is 0 Å². The van der Waals surface area contributed by atoms with Crippen LogP contribution >= 0.6 is 0 Å². The van der Waals surface area contributed by atoms with Gasteiger partial charge in [-0.15, -0.1) is 12.8 Å². The molecule has 3 rings (SSSR count). The Morgan fingerprint density at radius 1 is 1.21 bits per heavy atom. The Balaban J connectivity index is 2.13. The SMILES string of the molecule is C#CCOc1c(C(=O)c2cnn(C(C)C)c2OCC#C)ccc2c1CCS2(=O)=O. The van der Waals surface area contributed by atoms with Gasteiger partial charge in [-0.05, 0) is 32.4 Å². The summed E-state index contributed by atoms with van der Waals surface area (Å²) in [6.45, 7) is 3.67. The van der Waals surface area contributed by atoms with Gasteiger partial charge in [-0.3, -0.25) is 4.79 Å². The zero-order valence-electron chi connectivity index (χ0n) is 16.1. The van der Waals surface area contributed by atoms with Crippen LogP contribution < -0.4 is 9.47 Å². The monoisotopic (exact) mass is 412 g/mol. The Labute approximate surface area is 169 Å². The normalized spacial score (nSPS) is 14.1. The van der Waals surface area contributed by atoms with Gasteiger partial charge in [0, 0.05) is 5.56 Å². The highest BCUT2D eigenvalue weighted by Crippen LogP contribution is 2.38. The summed E-state index contributed by atoms with van der Waals surface area (Å²) in [5, 5.41) is 4.24. The second-order valence-corrected chi connectivity index (χ2v) is 8.78. The molecule has 1 aliphatic heterocycles. The number of benzene rings is 1. The molecule has 0 unspecified atom stereocenters. The number of ether oxygens (including phenoxy) is 2. The highest BCUT2D eigenvalue weighted by molar-refractivity contribution is 7.91. The van der Waals surface area contributed by atoms with E-state index in [0.717, 1.165) is 0 Å². The first-order valence-corrected chi connectivity index (χ1v) is 10.6. The highest BCUT2D eigenvalue weighted by atomic mass is 32.2. The zero-order chi connectivity index (χ0) is 21.2. The molecular weight excluding hydrogens is 392 g/mol. The molecule has 0 bridgehead atoms. The molecule has 1 aliphatic rings. The number of hydrogen-bond acceptors (Lipinski definition) is 6. The molecule has 2 heterocycles. The summed E-state index contributed by atoms with van der Waals surface area (Å²) in [6.07, 6.45) is 12.2. The summed E-state index contributed by atoms with van der Waals surface area (Å²) in [7, 11) is -3.39. The van der Waals surface area contributed by atoms with Crippen LogP contribution in [0.25, 0.3) is 0 Å². The first-order chi connectivity index (χ1) is 13.8. The topological polar surface area (TPSA) is 87.5 Å². The van der Waals surface area contributed by atoms with Gasteiger partial charge in [0.15, 0.2) is 16.4 Å². The molecular formula is C21H20N2O5S. The van der Waals surface area contributed by atoms with E-state index in [4.69, 9.17) is 22.3 Å². The van der Waals surface area contributed by atoms with Gasteiger partial charge in [-0.25, -0.2) is 13.1 Å². The standard InChI is InChI=1S/C21H20N2O5S/c1-5-10-27-20-15-9-12-29(25,26)18(15)8-7-16(20)19(24)17-13-22-23(14(3)4)21(17)28-11-6-2/h1-2,7-8,13-14H,9-12H2,3-4H3. The first kappa shape index (κ1) is 20.5. The molecule has 8 heteroatoms. The van der Waals surface area contributed by atoms with Gasteiger partial charge in [0.1, 0.15) is 17.9 Å². The minimum absolute atomic E-state index is 0.0262. The maximum atomic E-state index is 13.3. The van der Waals surface area contributed by atoms with E-state index in [0.29, 0.717) is 5.56 Å². The second-order valence-electron chi connectivity index (χ2n) is 6.70. The van der Waals surface area contributed by atoms with Crippen LogP contribution in [0.2, 0.25) is 0 Å². The Hall–Kier alpha value is -3.23. The number of aromatic nitrogens is 2. The van der Waals surface area contributed by atoms with E-state index in [9.17, 15) is 13.2 Å². The fourth-order valence-electron chi connectivity index (χ4n) is 3.22. The van der Waals surface area contributed by atoms with Crippen LogP contribution in [0.1, 0.15) is 41.4 Å². The average Bonchev–Trinajstić information content (AvgIpc) is 3.25. The molecule has 2 aromatic rings. The van der Waals surface area contributed by atoms with Crippen molar-refractivity contribution in [3.63, 3.8) is 0 Å². The van der Waals surface area contributed by atoms with Crippen LogP contribution in [-0.4, -0.2) is 42.9 Å². The number of sulfone groups is 1. The molecule has 0 radical (unpaired) electrons. The summed E-state index contributed by atoms with van der Waals surface area (Å²) < 4.78 is 37.3. The predicted molar refractivity (Wildman–Crippen MR) is 107 cm³/mol. The Kier molecular flexibility index (Phi) is 5.67. The van der Waals surface area contributed by atoms with E-state index < -0.39 is 15.6 Å². The van der Waals surface area contributed by atoms with Crippen molar-refractivity contribution in [1.82, 2.24) is 9.78 Å². The largest absolute Gasteiger partial charge is 0.480 e. The van der Waals surface area contributed by atoms with E-state index in [1.165, 1.54) is 18.3 Å². The number of fused-ring (bicyclic) bond motifs is 1. The molecule has 0 N–H and O–H groups in total. The smallest absolute Gasteiger partial charge is 0.224 e. The van der Waals surface area contributed by atoms with Crippen molar-refractivity contribution in [2.24, 2.45) is 0 Å².